The third-order valence-corrected chi connectivity index (χ3v) is 5.94. The van der Waals surface area contributed by atoms with E-state index in [4.69, 9.17) is 4.74 Å². The molecule has 0 aliphatic carbocycles. The fraction of sp³-hybridized carbons (Fsp3) is 0.545. The number of nitrogens with one attached hydrogen (secondary N) is 1. The van der Waals surface area contributed by atoms with Crippen molar-refractivity contribution in [3.63, 3.8) is 0 Å². The first kappa shape index (κ1) is 21.0. The molecule has 3 rings (SSSR count). The Bertz CT molecular complexity index is 769. The van der Waals surface area contributed by atoms with Gasteiger partial charge in [0.1, 0.15) is 5.01 Å². The SMILES string of the molecule is Cc1cccc(-c2nc(CC(=O)NCC(CC(C)C)N3CCOCC3)cs2)c1. The topological polar surface area (TPSA) is 54.5 Å². The highest BCUT2D eigenvalue weighted by Gasteiger charge is 2.22. The van der Waals surface area contributed by atoms with Crippen LogP contribution in [0.1, 0.15) is 31.5 Å². The van der Waals surface area contributed by atoms with Crippen molar-refractivity contribution >= 4 is 17.2 Å². The summed E-state index contributed by atoms with van der Waals surface area (Å²) in [6.45, 7) is 10.7. The third-order valence-electron chi connectivity index (χ3n) is 5.00. The molecule has 1 aromatic heterocycles. The highest BCUT2D eigenvalue weighted by Crippen LogP contribution is 2.24. The molecule has 2 aromatic rings. The van der Waals surface area contributed by atoms with Gasteiger partial charge in [-0.2, -0.15) is 0 Å². The van der Waals surface area contributed by atoms with Crippen LogP contribution in [0.5, 0.6) is 0 Å². The summed E-state index contributed by atoms with van der Waals surface area (Å²) in [7, 11) is 0. The van der Waals surface area contributed by atoms with Crippen molar-refractivity contribution in [3.8, 4) is 10.6 Å². The van der Waals surface area contributed by atoms with Gasteiger partial charge in [0.25, 0.3) is 0 Å². The molecule has 28 heavy (non-hydrogen) atoms. The Kier molecular flexibility index (Phi) is 7.59. The van der Waals surface area contributed by atoms with E-state index in [-0.39, 0.29) is 5.91 Å². The van der Waals surface area contributed by atoms with Crippen molar-refractivity contribution in [2.24, 2.45) is 5.92 Å². The highest BCUT2D eigenvalue weighted by atomic mass is 32.1. The highest BCUT2D eigenvalue weighted by molar-refractivity contribution is 7.13. The lowest BCUT2D eigenvalue weighted by atomic mass is 10.0. The number of nitrogens with zero attached hydrogens (tertiary/aromatic N) is 2. The van der Waals surface area contributed by atoms with E-state index in [0.29, 0.717) is 24.9 Å². The zero-order chi connectivity index (χ0) is 19.9. The number of rotatable bonds is 8. The van der Waals surface area contributed by atoms with Gasteiger partial charge in [-0.15, -0.1) is 11.3 Å². The Labute approximate surface area is 172 Å². The zero-order valence-corrected chi connectivity index (χ0v) is 17.9. The third kappa shape index (κ3) is 6.12. The van der Waals surface area contributed by atoms with E-state index >= 15 is 0 Å². The first-order valence-electron chi connectivity index (χ1n) is 10.1. The summed E-state index contributed by atoms with van der Waals surface area (Å²) in [6, 6.07) is 8.67. The van der Waals surface area contributed by atoms with Crippen LogP contribution in [0.3, 0.4) is 0 Å². The van der Waals surface area contributed by atoms with Crippen LogP contribution in [0.25, 0.3) is 10.6 Å². The largest absolute Gasteiger partial charge is 0.379 e. The van der Waals surface area contributed by atoms with Crippen LogP contribution in [0.4, 0.5) is 0 Å². The molecular formula is C22H31N3O2S. The molecule has 1 aromatic carbocycles. The van der Waals surface area contributed by atoms with Gasteiger partial charge in [-0.05, 0) is 25.3 Å². The van der Waals surface area contributed by atoms with Gasteiger partial charge in [-0.25, -0.2) is 4.98 Å². The molecule has 0 saturated carbocycles. The maximum Gasteiger partial charge on any atom is 0.226 e. The van der Waals surface area contributed by atoms with Crippen LogP contribution in [0, 0.1) is 12.8 Å². The summed E-state index contributed by atoms with van der Waals surface area (Å²) in [5, 5.41) is 6.10. The fourth-order valence-corrected chi connectivity index (χ4v) is 4.42. The van der Waals surface area contributed by atoms with Crippen molar-refractivity contribution in [3.05, 3.63) is 40.9 Å². The second-order valence-corrected chi connectivity index (χ2v) is 8.78. The molecule has 0 bridgehead atoms. The lowest BCUT2D eigenvalue weighted by Gasteiger charge is -2.35. The van der Waals surface area contributed by atoms with Crippen LogP contribution in [-0.2, 0) is 16.0 Å². The quantitative estimate of drug-likeness (QED) is 0.735. The number of hydrogen-bond donors (Lipinski definition) is 1. The first-order valence-corrected chi connectivity index (χ1v) is 11.0. The van der Waals surface area contributed by atoms with E-state index in [1.54, 1.807) is 11.3 Å². The Hall–Kier alpha value is -1.76. The minimum absolute atomic E-state index is 0.0445. The maximum atomic E-state index is 12.5. The number of carbonyl (C=O) groups excluding carboxylic acids is 1. The van der Waals surface area contributed by atoms with Crippen molar-refractivity contribution in [2.45, 2.75) is 39.7 Å². The molecule has 1 N–H and O–H groups in total. The summed E-state index contributed by atoms with van der Waals surface area (Å²) in [6.07, 6.45) is 1.41. The maximum absolute atomic E-state index is 12.5. The van der Waals surface area contributed by atoms with Crippen molar-refractivity contribution in [1.82, 2.24) is 15.2 Å². The van der Waals surface area contributed by atoms with Gasteiger partial charge in [0.15, 0.2) is 0 Å². The molecule has 1 unspecified atom stereocenters. The Morgan fingerprint density at radius 2 is 2.11 bits per heavy atom. The van der Waals surface area contributed by atoms with Crippen LogP contribution in [-0.4, -0.2) is 54.7 Å². The number of hydrogen-bond acceptors (Lipinski definition) is 5. The minimum atomic E-state index is 0.0445. The van der Waals surface area contributed by atoms with Gasteiger partial charge < -0.3 is 10.1 Å². The molecule has 1 aliphatic heterocycles. The molecule has 5 nitrogen and oxygen atoms in total. The molecule has 0 radical (unpaired) electrons. The molecular weight excluding hydrogens is 370 g/mol. The second kappa shape index (κ2) is 10.1. The van der Waals surface area contributed by atoms with Gasteiger partial charge >= 0.3 is 0 Å². The first-order chi connectivity index (χ1) is 13.5. The summed E-state index contributed by atoms with van der Waals surface area (Å²) in [5.74, 6) is 0.642. The van der Waals surface area contributed by atoms with Gasteiger partial charge in [0.05, 0.1) is 25.3 Å². The van der Waals surface area contributed by atoms with E-state index in [2.05, 4.69) is 54.2 Å². The normalized spacial score (nSPS) is 16.3. The number of morpholine rings is 1. The second-order valence-electron chi connectivity index (χ2n) is 7.93. The molecule has 1 fully saturated rings. The van der Waals surface area contributed by atoms with E-state index in [1.165, 1.54) is 5.56 Å². The smallest absolute Gasteiger partial charge is 0.226 e. The van der Waals surface area contributed by atoms with Gasteiger partial charge in [0, 0.05) is 36.6 Å². The summed E-state index contributed by atoms with van der Waals surface area (Å²) < 4.78 is 5.47. The fourth-order valence-electron chi connectivity index (χ4n) is 3.61. The number of thiazole rings is 1. The summed E-state index contributed by atoms with van der Waals surface area (Å²) in [4.78, 5) is 19.6. The molecule has 1 saturated heterocycles. The minimum Gasteiger partial charge on any atom is -0.379 e. The Morgan fingerprint density at radius 3 is 2.82 bits per heavy atom. The van der Waals surface area contributed by atoms with Crippen LogP contribution < -0.4 is 5.32 Å². The van der Waals surface area contributed by atoms with Crippen molar-refractivity contribution in [2.75, 3.05) is 32.8 Å². The Morgan fingerprint density at radius 1 is 1.32 bits per heavy atom. The molecule has 0 spiro atoms. The number of amides is 1. The van der Waals surface area contributed by atoms with Gasteiger partial charge in [0.2, 0.25) is 5.91 Å². The lowest BCUT2D eigenvalue weighted by Crippen LogP contribution is -2.49. The number of aromatic nitrogens is 1. The van der Waals surface area contributed by atoms with E-state index in [0.717, 1.165) is 49.0 Å². The van der Waals surface area contributed by atoms with Gasteiger partial charge in [-0.3, -0.25) is 9.69 Å². The number of benzene rings is 1. The van der Waals surface area contributed by atoms with Crippen LogP contribution in [0.15, 0.2) is 29.6 Å². The predicted octanol–water partition coefficient (Wildman–Crippen LogP) is 3.52. The van der Waals surface area contributed by atoms with Crippen LogP contribution in [0.2, 0.25) is 0 Å². The summed E-state index contributed by atoms with van der Waals surface area (Å²) >= 11 is 1.60. The zero-order valence-electron chi connectivity index (χ0n) is 17.1. The lowest BCUT2D eigenvalue weighted by molar-refractivity contribution is -0.120. The van der Waals surface area contributed by atoms with Gasteiger partial charge in [-0.1, -0.05) is 37.6 Å². The van der Waals surface area contributed by atoms with Crippen molar-refractivity contribution in [1.29, 1.82) is 0 Å². The number of ether oxygens (including phenoxy) is 1. The van der Waals surface area contributed by atoms with Crippen molar-refractivity contribution < 1.29 is 9.53 Å². The molecule has 6 heteroatoms. The molecule has 1 atom stereocenters. The summed E-state index contributed by atoms with van der Waals surface area (Å²) in [5.41, 5.74) is 3.16. The number of carbonyl (C=O) groups is 1. The van der Waals surface area contributed by atoms with Crippen LogP contribution >= 0.6 is 11.3 Å². The van der Waals surface area contributed by atoms with E-state index in [1.807, 2.05) is 11.4 Å². The monoisotopic (exact) mass is 401 g/mol. The predicted molar refractivity (Wildman–Crippen MR) is 115 cm³/mol. The number of aryl methyl sites for hydroxylation is 1. The average Bonchev–Trinajstić information content (AvgIpc) is 3.14. The van der Waals surface area contributed by atoms with E-state index in [9.17, 15) is 4.79 Å². The van der Waals surface area contributed by atoms with E-state index < -0.39 is 0 Å². The standard InChI is InChI=1S/C22H31N3O2S/c1-16(2)11-20(25-7-9-27-10-8-25)14-23-21(26)13-19-15-28-22(24-19)18-6-4-5-17(3)12-18/h4-6,12,15-16,20H,7-11,13-14H2,1-3H3,(H,23,26). The molecule has 1 amide bonds. The average molecular weight is 402 g/mol. The Balaban J connectivity index is 1.54. The molecule has 2 heterocycles. The molecule has 152 valence electrons. The molecule has 1 aliphatic rings.